The molecule has 0 spiro atoms. The minimum atomic E-state index is 0.463. The highest BCUT2D eigenvalue weighted by Crippen LogP contribution is 2.21. The van der Waals surface area contributed by atoms with Crippen molar-refractivity contribution in [2.24, 2.45) is 13.0 Å². The van der Waals surface area contributed by atoms with E-state index in [1.807, 2.05) is 19.2 Å². The average Bonchev–Trinajstić information content (AvgIpc) is 2.83. The summed E-state index contributed by atoms with van der Waals surface area (Å²) in [7, 11) is 1.85. The quantitative estimate of drug-likeness (QED) is 0.878. The Balaban J connectivity index is 2.05. The second kappa shape index (κ2) is 6.50. The van der Waals surface area contributed by atoms with Crippen molar-refractivity contribution < 1.29 is 0 Å². The van der Waals surface area contributed by atoms with Crippen molar-refractivity contribution in [1.82, 2.24) is 20.2 Å². The highest BCUT2D eigenvalue weighted by Gasteiger charge is 2.08. The van der Waals surface area contributed by atoms with E-state index in [2.05, 4.69) is 53.7 Å². The third-order valence-electron chi connectivity index (χ3n) is 3.33. The highest BCUT2D eigenvalue weighted by atomic mass is 15.5. The van der Waals surface area contributed by atoms with Gasteiger partial charge in [-0.2, -0.15) is 0 Å². The first-order chi connectivity index (χ1) is 9.56. The zero-order chi connectivity index (χ0) is 14.5. The van der Waals surface area contributed by atoms with Crippen LogP contribution in [0.3, 0.4) is 0 Å². The van der Waals surface area contributed by atoms with Gasteiger partial charge in [0, 0.05) is 24.3 Å². The number of rotatable bonds is 6. The summed E-state index contributed by atoms with van der Waals surface area (Å²) in [6.45, 7) is 6.74. The van der Waals surface area contributed by atoms with E-state index >= 15 is 0 Å². The van der Waals surface area contributed by atoms with Crippen LogP contribution < -0.4 is 5.32 Å². The van der Waals surface area contributed by atoms with Gasteiger partial charge in [0.05, 0.1) is 0 Å². The number of hydrogen-bond acceptors (Lipinski definition) is 4. The molecule has 1 atom stereocenters. The Labute approximate surface area is 120 Å². The summed E-state index contributed by atoms with van der Waals surface area (Å²) in [5, 5.41) is 15.1. The van der Waals surface area contributed by atoms with Gasteiger partial charge >= 0.3 is 0 Å². The minimum Gasteiger partial charge on any atom is -0.383 e. The van der Waals surface area contributed by atoms with Gasteiger partial charge in [-0.25, -0.2) is 4.68 Å². The minimum absolute atomic E-state index is 0.463. The summed E-state index contributed by atoms with van der Waals surface area (Å²) < 4.78 is 1.68. The first kappa shape index (κ1) is 14.5. The Morgan fingerprint density at radius 3 is 2.65 bits per heavy atom. The van der Waals surface area contributed by atoms with Gasteiger partial charge in [-0.3, -0.25) is 0 Å². The molecule has 2 rings (SSSR count). The molecule has 0 aliphatic carbocycles. The van der Waals surface area contributed by atoms with Gasteiger partial charge in [-0.15, -0.1) is 5.10 Å². The summed E-state index contributed by atoms with van der Waals surface area (Å²) in [6, 6.07) is 8.69. The van der Waals surface area contributed by atoms with Crippen molar-refractivity contribution in [3.63, 3.8) is 0 Å². The average molecular weight is 273 g/mol. The van der Waals surface area contributed by atoms with E-state index in [4.69, 9.17) is 0 Å². The number of benzene rings is 1. The largest absolute Gasteiger partial charge is 0.383 e. The van der Waals surface area contributed by atoms with Crippen LogP contribution in [-0.2, 0) is 7.05 Å². The Hall–Kier alpha value is -1.91. The molecule has 0 radical (unpaired) electrons. The fourth-order valence-electron chi connectivity index (χ4n) is 2.16. The molecule has 1 heterocycles. The lowest BCUT2D eigenvalue weighted by atomic mass is 10.0. The second-order valence-corrected chi connectivity index (χ2v) is 5.72. The van der Waals surface area contributed by atoms with Crippen LogP contribution in [0.2, 0.25) is 0 Å². The third-order valence-corrected chi connectivity index (χ3v) is 3.33. The third kappa shape index (κ3) is 3.79. The summed E-state index contributed by atoms with van der Waals surface area (Å²) >= 11 is 0. The van der Waals surface area contributed by atoms with Gasteiger partial charge < -0.3 is 5.32 Å². The molecule has 1 aromatic heterocycles. The van der Waals surface area contributed by atoms with Crippen molar-refractivity contribution >= 4 is 5.69 Å². The number of hydrogen-bond donors (Lipinski definition) is 1. The van der Waals surface area contributed by atoms with Crippen LogP contribution in [0.25, 0.3) is 11.4 Å². The molecular formula is C15H23N5. The van der Waals surface area contributed by atoms with Gasteiger partial charge in [0.15, 0.2) is 5.82 Å². The Kier molecular flexibility index (Phi) is 4.71. The van der Waals surface area contributed by atoms with Crippen LogP contribution in [0.15, 0.2) is 24.3 Å². The lowest BCUT2D eigenvalue weighted by Gasteiger charge is -2.16. The van der Waals surface area contributed by atoms with E-state index in [1.54, 1.807) is 4.68 Å². The molecule has 5 nitrogen and oxygen atoms in total. The van der Waals surface area contributed by atoms with E-state index in [0.29, 0.717) is 6.04 Å². The van der Waals surface area contributed by atoms with Crippen molar-refractivity contribution in [2.75, 3.05) is 5.32 Å². The Bertz CT molecular complexity index is 547. The molecule has 0 aliphatic rings. The van der Waals surface area contributed by atoms with Crippen LogP contribution in [0, 0.1) is 5.92 Å². The van der Waals surface area contributed by atoms with Crippen LogP contribution in [0.5, 0.6) is 0 Å². The van der Waals surface area contributed by atoms with Crippen molar-refractivity contribution in [1.29, 1.82) is 0 Å². The molecule has 0 aliphatic heterocycles. The zero-order valence-corrected chi connectivity index (χ0v) is 12.7. The van der Waals surface area contributed by atoms with Gasteiger partial charge in [0.25, 0.3) is 0 Å². The number of nitrogens with zero attached hydrogens (tertiary/aromatic N) is 4. The lowest BCUT2D eigenvalue weighted by molar-refractivity contribution is 0.528. The van der Waals surface area contributed by atoms with Gasteiger partial charge in [0.2, 0.25) is 0 Å². The number of aryl methyl sites for hydroxylation is 1. The van der Waals surface area contributed by atoms with E-state index in [9.17, 15) is 0 Å². The summed E-state index contributed by atoms with van der Waals surface area (Å²) in [6.07, 6.45) is 2.41. The van der Waals surface area contributed by atoms with Crippen LogP contribution in [0.1, 0.15) is 33.6 Å². The first-order valence-corrected chi connectivity index (χ1v) is 7.15. The first-order valence-electron chi connectivity index (χ1n) is 7.15. The topological polar surface area (TPSA) is 55.6 Å². The predicted octanol–water partition coefficient (Wildman–Crippen LogP) is 3.11. The van der Waals surface area contributed by atoms with Gasteiger partial charge in [-0.1, -0.05) is 26.0 Å². The molecule has 2 aromatic rings. The maximum Gasteiger partial charge on any atom is 0.181 e. The smallest absolute Gasteiger partial charge is 0.181 e. The summed E-state index contributed by atoms with van der Waals surface area (Å²) in [5.74, 6) is 1.53. The molecular weight excluding hydrogens is 250 g/mol. The maximum atomic E-state index is 4.04. The van der Waals surface area contributed by atoms with E-state index in [-0.39, 0.29) is 0 Å². The summed E-state index contributed by atoms with van der Waals surface area (Å²) in [5.41, 5.74) is 2.14. The van der Waals surface area contributed by atoms with E-state index < -0.39 is 0 Å². The van der Waals surface area contributed by atoms with Crippen LogP contribution in [0.4, 0.5) is 5.69 Å². The number of nitrogens with one attached hydrogen (secondary N) is 1. The number of aromatic nitrogens is 4. The molecule has 108 valence electrons. The van der Waals surface area contributed by atoms with Gasteiger partial charge in [-0.05, 0) is 48.2 Å². The van der Waals surface area contributed by atoms with Crippen LogP contribution >= 0.6 is 0 Å². The molecule has 0 saturated carbocycles. The Morgan fingerprint density at radius 1 is 1.20 bits per heavy atom. The Morgan fingerprint density at radius 2 is 2.00 bits per heavy atom. The molecule has 20 heavy (non-hydrogen) atoms. The standard InChI is InChI=1S/C15H23N5/c1-11(2)8-9-12(3)16-14-7-5-6-13(10-14)15-17-18-19-20(15)4/h5-7,10-12,16H,8-9H2,1-4H3. The van der Waals surface area contributed by atoms with Crippen molar-refractivity contribution in [3.8, 4) is 11.4 Å². The molecule has 1 unspecified atom stereocenters. The lowest BCUT2D eigenvalue weighted by Crippen LogP contribution is -2.15. The normalized spacial score (nSPS) is 12.7. The highest BCUT2D eigenvalue weighted by molar-refractivity contribution is 5.62. The predicted molar refractivity (Wildman–Crippen MR) is 81.4 cm³/mol. The molecule has 0 saturated heterocycles. The maximum absolute atomic E-state index is 4.04. The molecule has 0 bridgehead atoms. The molecule has 0 amide bonds. The molecule has 1 N–H and O–H groups in total. The number of tetrazole rings is 1. The SMILES string of the molecule is CC(C)CCC(C)Nc1cccc(-c2nnnn2C)c1. The number of anilines is 1. The fourth-order valence-corrected chi connectivity index (χ4v) is 2.16. The second-order valence-electron chi connectivity index (χ2n) is 5.72. The van der Waals surface area contributed by atoms with Crippen molar-refractivity contribution in [3.05, 3.63) is 24.3 Å². The fraction of sp³-hybridized carbons (Fsp3) is 0.533. The van der Waals surface area contributed by atoms with Gasteiger partial charge in [0.1, 0.15) is 0 Å². The van der Waals surface area contributed by atoms with Crippen molar-refractivity contribution in [2.45, 2.75) is 39.7 Å². The molecule has 0 fully saturated rings. The zero-order valence-electron chi connectivity index (χ0n) is 12.7. The summed E-state index contributed by atoms with van der Waals surface area (Å²) in [4.78, 5) is 0. The molecule has 5 heteroatoms. The van der Waals surface area contributed by atoms with Crippen LogP contribution in [-0.4, -0.2) is 26.2 Å². The van der Waals surface area contributed by atoms with E-state index in [0.717, 1.165) is 23.0 Å². The molecule has 1 aromatic carbocycles. The van der Waals surface area contributed by atoms with E-state index in [1.165, 1.54) is 12.8 Å². The monoisotopic (exact) mass is 273 g/mol.